The number of carbonyl (C=O) groups excluding carboxylic acids is 3. The first-order chi connectivity index (χ1) is 15.1. The number of nitrogens with one attached hydrogen (secondary N) is 2. The summed E-state index contributed by atoms with van der Waals surface area (Å²) in [4.78, 5) is 42.9. The summed E-state index contributed by atoms with van der Waals surface area (Å²) in [6.45, 7) is 1.35. The predicted octanol–water partition coefficient (Wildman–Crippen LogP) is 2.12. The summed E-state index contributed by atoms with van der Waals surface area (Å²) >= 11 is 0. The second-order valence-electron chi connectivity index (χ2n) is 7.43. The third-order valence-electron chi connectivity index (χ3n) is 4.97. The van der Waals surface area contributed by atoms with Crippen LogP contribution in [0.15, 0.2) is 54.7 Å². The summed E-state index contributed by atoms with van der Waals surface area (Å²) in [5.74, 6) is -0.344. The summed E-state index contributed by atoms with van der Waals surface area (Å²) in [6, 6.07) is 14.8. The maximum Gasteiger partial charge on any atom is 0.239 e. The maximum absolute atomic E-state index is 12.8. The number of aromatic nitrogens is 1. The van der Waals surface area contributed by atoms with E-state index in [9.17, 15) is 14.4 Å². The lowest BCUT2D eigenvalue weighted by Gasteiger charge is -2.25. The van der Waals surface area contributed by atoms with Gasteiger partial charge < -0.3 is 20.3 Å². The highest BCUT2D eigenvalue weighted by Gasteiger charge is 2.24. The number of nitrogens with zero attached hydrogens (tertiary/aromatic N) is 2. The highest BCUT2D eigenvalue weighted by Crippen LogP contribution is 2.14. The van der Waals surface area contributed by atoms with Gasteiger partial charge in [-0.25, -0.2) is 4.98 Å². The van der Waals surface area contributed by atoms with Crippen LogP contribution in [0.1, 0.15) is 31.2 Å². The number of hydrogen-bond donors (Lipinski definition) is 2. The molecule has 1 aromatic carbocycles. The molecular weight excluding hydrogens is 396 g/mol. The molecular formula is C23H28N4O4. The van der Waals surface area contributed by atoms with Crippen LogP contribution in [0.25, 0.3) is 0 Å². The highest BCUT2D eigenvalue weighted by molar-refractivity contribution is 5.93. The summed E-state index contributed by atoms with van der Waals surface area (Å²) < 4.78 is 5.64. The minimum Gasteiger partial charge on any atom is -0.376 e. The molecule has 164 valence electrons. The molecule has 2 N–H and O–H groups in total. The van der Waals surface area contributed by atoms with Crippen LogP contribution in [0.2, 0.25) is 0 Å². The fraction of sp³-hybridized carbons (Fsp3) is 0.391. The summed E-state index contributed by atoms with van der Waals surface area (Å²) in [6.07, 6.45) is 3.33. The van der Waals surface area contributed by atoms with E-state index in [-0.39, 0.29) is 43.2 Å². The molecule has 1 aromatic heterocycles. The van der Waals surface area contributed by atoms with Crippen molar-refractivity contribution < 1.29 is 19.1 Å². The van der Waals surface area contributed by atoms with Crippen LogP contribution in [0.4, 0.5) is 5.82 Å². The van der Waals surface area contributed by atoms with E-state index in [1.165, 1.54) is 4.90 Å². The molecule has 8 heteroatoms. The number of pyridine rings is 1. The highest BCUT2D eigenvalue weighted by atomic mass is 16.5. The van der Waals surface area contributed by atoms with Gasteiger partial charge in [-0.15, -0.1) is 0 Å². The smallest absolute Gasteiger partial charge is 0.239 e. The normalized spacial score (nSPS) is 15.3. The van der Waals surface area contributed by atoms with Crippen LogP contribution in [0.5, 0.6) is 0 Å². The molecule has 1 aliphatic heterocycles. The Bertz CT molecular complexity index is 854. The molecule has 0 saturated carbocycles. The minimum atomic E-state index is -0.294. The molecule has 3 rings (SSSR count). The molecule has 0 bridgehead atoms. The zero-order chi connectivity index (χ0) is 21.9. The first-order valence-corrected chi connectivity index (χ1v) is 10.5. The monoisotopic (exact) mass is 424 g/mol. The lowest BCUT2D eigenvalue weighted by Crippen LogP contribution is -2.44. The van der Waals surface area contributed by atoms with E-state index < -0.39 is 0 Å². The molecule has 0 radical (unpaired) electrons. The second-order valence-corrected chi connectivity index (χ2v) is 7.43. The van der Waals surface area contributed by atoms with Gasteiger partial charge in [0.15, 0.2) is 0 Å². The molecule has 1 saturated heterocycles. The van der Waals surface area contributed by atoms with Gasteiger partial charge in [0.05, 0.1) is 12.6 Å². The Hall–Kier alpha value is -3.26. The average molecular weight is 425 g/mol. The molecule has 2 aromatic rings. The second kappa shape index (κ2) is 11.8. The number of carbonyl (C=O) groups is 3. The van der Waals surface area contributed by atoms with E-state index in [4.69, 9.17) is 4.74 Å². The summed E-state index contributed by atoms with van der Waals surface area (Å²) in [5, 5.41) is 5.51. The molecule has 1 atom stereocenters. The Labute approximate surface area is 182 Å². The lowest BCUT2D eigenvalue weighted by atomic mass is 10.2. The van der Waals surface area contributed by atoms with Gasteiger partial charge in [0.1, 0.15) is 5.82 Å². The van der Waals surface area contributed by atoms with Crippen molar-refractivity contribution in [3.63, 3.8) is 0 Å². The molecule has 0 unspecified atom stereocenters. The summed E-state index contributed by atoms with van der Waals surface area (Å²) in [7, 11) is 0. The van der Waals surface area contributed by atoms with Crippen molar-refractivity contribution in [1.82, 2.24) is 15.2 Å². The number of rotatable bonds is 10. The number of amides is 3. The maximum atomic E-state index is 12.8. The first kappa shape index (κ1) is 22.4. The van der Waals surface area contributed by atoms with Crippen molar-refractivity contribution in [2.75, 3.05) is 25.0 Å². The molecule has 0 spiro atoms. The number of anilines is 1. The van der Waals surface area contributed by atoms with Crippen LogP contribution in [-0.2, 0) is 25.7 Å². The zero-order valence-corrected chi connectivity index (χ0v) is 17.5. The van der Waals surface area contributed by atoms with E-state index in [0.717, 1.165) is 18.4 Å². The van der Waals surface area contributed by atoms with Gasteiger partial charge in [-0.3, -0.25) is 14.4 Å². The minimum absolute atomic E-state index is 0.0113. The Morgan fingerprint density at radius 2 is 1.84 bits per heavy atom. The fourth-order valence-electron chi connectivity index (χ4n) is 3.34. The molecule has 1 fully saturated rings. The van der Waals surface area contributed by atoms with E-state index in [0.29, 0.717) is 25.5 Å². The molecule has 0 aliphatic carbocycles. The van der Waals surface area contributed by atoms with E-state index in [1.807, 2.05) is 30.3 Å². The van der Waals surface area contributed by atoms with E-state index in [1.54, 1.807) is 24.4 Å². The van der Waals surface area contributed by atoms with Crippen molar-refractivity contribution in [1.29, 1.82) is 0 Å². The lowest BCUT2D eigenvalue weighted by molar-refractivity contribution is -0.138. The zero-order valence-electron chi connectivity index (χ0n) is 17.5. The molecule has 31 heavy (non-hydrogen) atoms. The van der Waals surface area contributed by atoms with E-state index in [2.05, 4.69) is 15.6 Å². The predicted molar refractivity (Wildman–Crippen MR) is 116 cm³/mol. The van der Waals surface area contributed by atoms with Crippen molar-refractivity contribution >= 4 is 23.5 Å². The van der Waals surface area contributed by atoms with Gasteiger partial charge in [0, 0.05) is 38.7 Å². The van der Waals surface area contributed by atoms with Crippen LogP contribution in [-0.4, -0.2) is 53.4 Å². The van der Waals surface area contributed by atoms with Gasteiger partial charge >= 0.3 is 0 Å². The Balaban J connectivity index is 1.50. The largest absolute Gasteiger partial charge is 0.376 e. The van der Waals surface area contributed by atoms with Gasteiger partial charge in [-0.2, -0.15) is 0 Å². The van der Waals surface area contributed by atoms with Crippen LogP contribution in [0, 0.1) is 0 Å². The Morgan fingerprint density at radius 3 is 2.55 bits per heavy atom. The number of ether oxygens (including phenoxy) is 1. The molecule has 2 heterocycles. The standard InChI is InChI=1S/C23H28N4O4/c28-21(26-20-10-4-5-13-24-20)11-12-23(30)27(16-19-9-6-14-31-19)17-22(29)25-15-18-7-2-1-3-8-18/h1-5,7-8,10,13,19H,6,9,11-12,14-17H2,(H,25,29)(H,24,26,28)/t19-/m0/s1. The summed E-state index contributed by atoms with van der Waals surface area (Å²) in [5.41, 5.74) is 0.985. The quantitative estimate of drug-likeness (QED) is 0.609. The van der Waals surface area contributed by atoms with Crippen molar-refractivity contribution in [3.8, 4) is 0 Å². The topological polar surface area (TPSA) is 101 Å². The van der Waals surface area contributed by atoms with Gasteiger partial charge in [0.2, 0.25) is 17.7 Å². The van der Waals surface area contributed by atoms with Crippen LogP contribution < -0.4 is 10.6 Å². The fourth-order valence-corrected chi connectivity index (χ4v) is 3.34. The Morgan fingerprint density at radius 1 is 1.03 bits per heavy atom. The molecule has 1 aliphatic rings. The van der Waals surface area contributed by atoms with Crippen LogP contribution >= 0.6 is 0 Å². The number of hydrogen-bond acceptors (Lipinski definition) is 5. The third-order valence-corrected chi connectivity index (χ3v) is 4.97. The van der Waals surface area contributed by atoms with Crippen molar-refractivity contribution in [2.24, 2.45) is 0 Å². The van der Waals surface area contributed by atoms with Gasteiger partial charge in [-0.05, 0) is 30.5 Å². The van der Waals surface area contributed by atoms with Crippen molar-refractivity contribution in [2.45, 2.75) is 38.3 Å². The Kier molecular flexibility index (Phi) is 8.54. The first-order valence-electron chi connectivity index (χ1n) is 10.5. The number of benzene rings is 1. The molecule has 8 nitrogen and oxygen atoms in total. The third kappa shape index (κ3) is 7.82. The van der Waals surface area contributed by atoms with Gasteiger partial charge in [-0.1, -0.05) is 36.4 Å². The van der Waals surface area contributed by atoms with Crippen LogP contribution in [0.3, 0.4) is 0 Å². The van der Waals surface area contributed by atoms with E-state index >= 15 is 0 Å². The van der Waals surface area contributed by atoms with Crippen molar-refractivity contribution in [3.05, 3.63) is 60.3 Å². The SMILES string of the molecule is O=C(CN(C[C@@H]1CCCO1)C(=O)CCC(=O)Nc1ccccn1)NCc1ccccc1. The van der Waals surface area contributed by atoms with Gasteiger partial charge in [0.25, 0.3) is 0 Å². The average Bonchev–Trinajstić information content (AvgIpc) is 3.30. The molecule has 3 amide bonds.